The molecule has 0 aromatic heterocycles. The van der Waals surface area contributed by atoms with Gasteiger partial charge in [0.1, 0.15) is 0 Å². The minimum atomic E-state index is 0.237. The lowest BCUT2D eigenvalue weighted by molar-refractivity contribution is -0.107. The van der Waals surface area contributed by atoms with Crippen LogP contribution in [0.1, 0.15) is 54.4 Å². The summed E-state index contributed by atoms with van der Waals surface area (Å²) in [6, 6.07) is 0.551. The molecule has 2 heterocycles. The monoisotopic (exact) mass is 268 g/mol. The Bertz CT molecular complexity index is 303. The van der Waals surface area contributed by atoms with Crippen molar-refractivity contribution in [3.05, 3.63) is 0 Å². The molecule has 3 nitrogen and oxygen atoms in total. The maximum Gasteiger partial charge on any atom is 0.0744 e. The summed E-state index contributed by atoms with van der Waals surface area (Å²) >= 11 is 0. The number of nitrogens with zero attached hydrogens (tertiary/aromatic N) is 2. The molecule has 0 amide bonds. The Balaban J connectivity index is 2.19. The summed E-state index contributed by atoms with van der Waals surface area (Å²) in [5.74, 6) is 0. The van der Waals surface area contributed by atoms with Crippen molar-refractivity contribution in [3.8, 4) is 0 Å². The number of rotatable bonds is 0. The Kier molecular flexibility index (Phi) is 4.29. The molecule has 0 bridgehead atoms. The van der Waals surface area contributed by atoms with Crippen LogP contribution in [0.3, 0.4) is 0 Å². The second kappa shape index (κ2) is 5.34. The van der Waals surface area contributed by atoms with Crippen molar-refractivity contribution in [2.75, 3.05) is 26.2 Å². The van der Waals surface area contributed by atoms with Gasteiger partial charge in [0.15, 0.2) is 0 Å². The van der Waals surface area contributed by atoms with E-state index in [1.54, 1.807) is 0 Å². The van der Waals surface area contributed by atoms with E-state index in [4.69, 9.17) is 4.74 Å². The molecule has 2 unspecified atom stereocenters. The van der Waals surface area contributed by atoms with Crippen LogP contribution in [-0.2, 0) is 4.74 Å². The molecule has 0 aliphatic carbocycles. The summed E-state index contributed by atoms with van der Waals surface area (Å²) in [5.41, 5.74) is 0.497. The highest BCUT2D eigenvalue weighted by Crippen LogP contribution is 2.30. The molecule has 0 aromatic carbocycles. The molecule has 3 heteroatoms. The van der Waals surface area contributed by atoms with E-state index in [2.05, 4.69) is 51.3 Å². The highest BCUT2D eigenvalue weighted by Gasteiger charge is 2.41. The molecule has 2 fully saturated rings. The minimum Gasteiger partial charge on any atom is -0.375 e. The first-order valence-corrected chi connectivity index (χ1v) is 7.83. The number of hydrogen-bond donors (Lipinski definition) is 0. The van der Waals surface area contributed by atoms with Crippen molar-refractivity contribution in [1.29, 1.82) is 0 Å². The van der Waals surface area contributed by atoms with Crippen molar-refractivity contribution in [2.45, 2.75) is 77.6 Å². The molecule has 2 rings (SSSR count). The molecule has 0 N–H and O–H groups in total. The fraction of sp³-hybridized carbons (Fsp3) is 1.00. The third kappa shape index (κ3) is 3.50. The summed E-state index contributed by atoms with van der Waals surface area (Å²) < 4.78 is 6.08. The summed E-state index contributed by atoms with van der Waals surface area (Å²) in [6.07, 6.45) is 2.90. The predicted octanol–water partition coefficient (Wildman–Crippen LogP) is 2.75. The topological polar surface area (TPSA) is 15.7 Å². The fourth-order valence-corrected chi connectivity index (χ4v) is 3.51. The van der Waals surface area contributed by atoms with Gasteiger partial charge in [0.2, 0.25) is 0 Å². The average Bonchev–Trinajstić information content (AvgIpc) is 2.47. The second-order valence-electron chi connectivity index (χ2n) is 8.10. The van der Waals surface area contributed by atoms with Crippen molar-refractivity contribution in [3.63, 3.8) is 0 Å². The molecule has 112 valence electrons. The first-order chi connectivity index (χ1) is 8.69. The Morgan fingerprint density at radius 3 is 2.21 bits per heavy atom. The minimum absolute atomic E-state index is 0.237. The molecule has 0 spiro atoms. The number of ether oxygens (including phenoxy) is 1. The zero-order chi connectivity index (χ0) is 14.3. The van der Waals surface area contributed by atoms with E-state index in [1.165, 1.54) is 19.4 Å². The van der Waals surface area contributed by atoms with Gasteiger partial charge >= 0.3 is 0 Å². The van der Waals surface area contributed by atoms with Crippen LogP contribution >= 0.6 is 0 Å². The molecular formula is C16H32N2O. The van der Waals surface area contributed by atoms with Crippen molar-refractivity contribution >= 4 is 0 Å². The normalized spacial score (nSPS) is 31.9. The van der Waals surface area contributed by atoms with Crippen LogP contribution in [0.25, 0.3) is 0 Å². The van der Waals surface area contributed by atoms with Gasteiger partial charge in [-0.05, 0) is 60.9 Å². The summed E-state index contributed by atoms with van der Waals surface area (Å²) in [5, 5.41) is 0. The third-order valence-corrected chi connectivity index (χ3v) is 4.63. The van der Waals surface area contributed by atoms with Crippen LogP contribution in [0.4, 0.5) is 0 Å². The van der Waals surface area contributed by atoms with Crippen LogP contribution in [0.5, 0.6) is 0 Å². The maximum atomic E-state index is 6.08. The molecule has 2 atom stereocenters. The first-order valence-electron chi connectivity index (χ1n) is 7.83. The van der Waals surface area contributed by atoms with Crippen molar-refractivity contribution in [2.24, 2.45) is 0 Å². The maximum absolute atomic E-state index is 6.08. The van der Waals surface area contributed by atoms with E-state index >= 15 is 0 Å². The third-order valence-electron chi connectivity index (χ3n) is 4.63. The standard InChI is InChI=1S/C16H32N2O/c1-15(2,3)17-9-7-8-14-13(12-17)18(10-11-19-14)16(4,5)6/h13-14H,7-12H2,1-6H3. The van der Waals surface area contributed by atoms with Crippen LogP contribution < -0.4 is 0 Å². The zero-order valence-corrected chi connectivity index (χ0v) is 13.7. The van der Waals surface area contributed by atoms with Crippen LogP contribution in [-0.4, -0.2) is 59.3 Å². The van der Waals surface area contributed by atoms with Crippen LogP contribution in [0.15, 0.2) is 0 Å². The zero-order valence-electron chi connectivity index (χ0n) is 13.7. The van der Waals surface area contributed by atoms with Gasteiger partial charge in [-0.15, -0.1) is 0 Å². The Hall–Kier alpha value is -0.120. The van der Waals surface area contributed by atoms with Gasteiger partial charge in [-0.1, -0.05) is 0 Å². The lowest BCUT2D eigenvalue weighted by atomic mass is 9.96. The van der Waals surface area contributed by atoms with Crippen LogP contribution in [0.2, 0.25) is 0 Å². The summed E-state index contributed by atoms with van der Waals surface area (Å²) in [6.45, 7) is 18.3. The smallest absolute Gasteiger partial charge is 0.0744 e. The van der Waals surface area contributed by atoms with Gasteiger partial charge < -0.3 is 4.74 Å². The predicted molar refractivity (Wildman–Crippen MR) is 80.5 cm³/mol. The van der Waals surface area contributed by atoms with Gasteiger partial charge in [0.05, 0.1) is 12.7 Å². The molecule has 0 saturated carbocycles. The Morgan fingerprint density at radius 2 is 1.63 bits per heavy atom. The second-order valence-corrected chi connectivity index (χ2v) is 8.10. The van der Waals surface area contributed by atoms with Gasteiger partial charge in [-0.3, -0.25) is 9.80 Å². The molecule has 0 radical (unpaired) electrons. The number of morpholine rings is 1. The van der Waals surface area contributed by atoms with Gasteiger partial charge in [-0.25, -0.2) is 0 Å². The molecule has 0 aromatic rings. The largest absolute Gasteiger partial charge is 0.375 e. The average molecular weight is 268 g/mol. The Morgan fingerprint density at radius 1 is 0.947 bits per heavy atom. The molecule has 2 aliphatic heterocycles. The molecule has 2 saturated heterocycles. The van der Waals surface area contributed by atoms with E-state index in [9.17, 15) is 0 Å². The molecule has 19 heavy (non-hydrogen) atoms. The van der Waals surface area contributed by atoms with E-state index < -0.39 is 0 Å². The lowest BCUT2D eigenvalue weighted by Crippen LogP contribution is -2.62. The molecule has 2 aliphatic rings. The van der Waals surface area contributed by atoms with Gasteiger partial charge in [-0.2, -0.15) is 0 Å². The fourth-order valence-electron chi connectivity index (χ4n) is 3.51. The molecular weight excluding hydrogens is 236 g/mol. The van der Waals surface area contributed by atoms with Crippen molar-refractivity contribution < 1.29 is 4.74 Å². The van der Waals surface area contributed by atoms with E-state index in [0.29, 0.717) is 12.1 Å². The summed E-state index contributed by atoms with van der Waals surface area (Å²) in [4.78, 5) is 5.32. The quantitative estimate of drug-likeness (QED) is 0.672. The van der Waals surface area contributed by atoms with E-state index in [1.807, 2.05) is 0 Å². The highest BCUT2D eigenvalue weighted by molar-refractivity contribution is 4.96. The first kappa shape index (κ1) is 15.3. The van der Waals surface area contributed by atoms with E-state index in [0.717, 1.165) is 19.7 Å². The highest BCUT2D eigenvalue weighted by atomic mass is 16.5. The van der Waals surface area contributed by atoms with Crippen molar-refractivity contribution in [1.82, 2.24) is 9.80 Å². The number of likely N-dealkylation sites (tertiary alicyclic amines) is 1. The lowest BCUT2D eigenvalue weighted by Gasteiger charge is -2.49. The number of hydrogen-bond acceptors (Lipinski definition) is 3. The van der Waals surface area contributed by atoms with E-state index in [-0.39, 0.29) is 11.1 Å². The van der Waals surface area contributed by atoms with Gasteiger partial charge in [0.25, 0.3) is 0 Å². The summed E-state index contributed by atoms with van der Waals surface area (Å²) in [7, 11) is 0. The SMILES string of the molecule is CC(C)(C)N1CCCC2OCCN(C(C)(C)C)C2C1. The van der Waals surface area contributed by atoms with Crippen LogP contribution in [0, 0.1) is 0 Å². The van der Waals surface area contributed by atoms with Gasteiger partial charge in [0, 0.05) is 30.2 Å². The number of fused-ring (bicyclic) bond motifs is 1. The Labute approximate surface area is 119 Å².